The summed E-state index contributed by atoms with van der Waals surface area (Å²) in [7, 11) is 0. The largest absolute Gasteiger partial charge is 5.00 e. The van der Waals surface area contributed by atoms with Crippen molar-refractivity contribution in [1.29, 1.82) is 0 Å². The summed E-state index contributed by atoms with van der Waals surface area (Å²) in [5.41, 5.74) is 0. The molecule has 0 aliphatic heterocycles. The molecule has 0 atom stereocenters. The third-order valence-corrected chi connectivity index (χ3v) is 0. The Morgan fingerprint density at radius 3 is 0.267 bits per heavy atom. The number of hydrogen-bond acceptors (Lipinski definition) is 0. The molecule has 0 spiro atoms. The molecule has 0 aromatic heterocycles. The van der Waals surface area contributed by atoms with Crippen molar-refractivity contribution < 1.29 is 203 Å². The topological polar surface area (TPSA) is 256 Å². The maximum absolute atomic E-state index is 0. The molecular formula is La2Li2Nb2O9. The second kappa shape index (κ2) is 265. The van der Waals surface area contributed by atoms with Gasteiger partial charge in [-0.1, -0.05) is 0 Å². The Balaban J connectivity index is 0. The summed E-state index contributed by atoms with van der Waals surface area (Å²) in [6, 6.07) is 0. The first kappa shape index (κ1) is 311. The summed E-state index contributed by atoms with van der Waals surface area (Å²) in [4.78, 5) is 0. The van der Waals surface area contributed by atoms with E-state index in [2.05, 4.69) is 0 Å². The molecule has 0 amide bonds. The summed E-state index contributed by atoms with van der Waals surface area (Å²) >= 11 is 0. The average Bonchev–Trinajstić information content (AvgIpc) is 0. The summed E-state index contributed by atoms with van der Waals surface area (Å²) in [6.45, 7) is 0. The van der Waals surface area contributed by atoms with Crippen molar-refractivity contribution in [2.45, 2.75) is 0 Å². The Hall–Kier alpha value is 4.70. The maximum atomic E-state index is 0. The Kier molecular flexibility index (Phi) is 5500. The van der Waals surface area contributed by atoms with Gasteiger partial charge in [0.1, 0.15) is 0 Å². The molecule has 9 nitrogen and oxygen atoms in total. The van der Waals surface area contributed by atoms with Crippen LogP contribution in [0.25, 0.3) is 0 Å². The van der Waals surface area contributed by atoms with Crippen molar-refractivity contribution in [2.24, 2.45) is 0 Å². The molecule has 0 unspecified atom stereocenters. The zero-order valence-electron chi connectivity index (χ0n) is 7.72. The molecule has 0 bridgehead atoms. The summed E-state index contributed by atoms with van der Waals surface area (Å²) < 4.78 is 0. The van der Waals surface area contributed by atoms with E-state index < -0.39 is 0 Å². The molecule has 0 saturated carbocycles. The van der Waals surface area contributed by atoms with Crippen LogP contribution in [0.3, 0.4) is 0 Å². The monoisotopic (exact) mass is 622 g/mol. The van der Waals surface area contributed by atoms with Crippen LogP contribution in [0.15, 0.2) is 0 Å². The van der Waals surface area contributed by atoms with E-state index in [4.69, 9.17) is 0 Å². The molecule has 0 radical (unpaired) electrons. The van der Waals surface area contributed by atoms with Gasteiger partial charge in [0, 0.05) is 0 Å². The van der Waals surface area contributed by atoms with E-state index in [1.165, 1.54) is 0 Å². The van der Waals surface area contributed by atoms with Gasteiger partial charge in [0.05, 0.1) is 0 Å². The molecular weight excluding hydrogens is 621 g/mol. The van der Waals surface area contributed by atoms with E-state index in [0.29, 0.717) is 0 Å². The molecule has 0 fully saturated rings. The Morgan fingerprint density at radius 1 is 0.267 bits per heavy atom. The molecule has 15 heavy (non-hydrogen) atoms. The molecule has 0 aromatic carbocycles. The smallest absolute Gasteiger partial charge is 2.00 e. The molecule has 0 aliphatic rings. The Labute approximate surface area is 199 Å². The predicted molar refractivity (Wildman–Crippen MR) is 6.18 cm³/mol. The molecule has 0 aromatic rings. The third-order valence-electron chi connectivity index (χ3n) is 0. The van der Waals surface area contributed by atoms with E-state index in [0.717, 1.165) is 0 Å². The van der Waals surface area contributed by atoms with Crippen LogP contribution in [0.5, 0.6) is 0 Å². The second-order valence-electron chi connectivity index (χ2n) is 0. The van der Waals surface area contributed by atoms with E-state index >= 15 is 0 Å². The number of rotatable bonds is 0. The first-order valence-corrected chi connectivity index (χ1v) is 0. The predicted octanol–water partition coefficient (Wildman–Crippen LogP) is -7.07. The van der Waals surface area contributed by atoms with Gasteiger partial charge in [0.25, 0.3) is 0 Å². The van der Waals surface area contributed by atoms with E-state index in [9.17, 15) is 0 Å². The minimum Gasteiger partial charge on any atom is -2.00 e. The van der Waals surface area contributed by atoms with Crippen LogP contribution in [0.1, 0.15) is 0 Å². The second-order valence-corrected chi connectivity index (χ2v) is 0. The Morgan fingerprint density at radius 2 is 0.267 bits per heavy atom. The van der Waals surface area contributed by atoms with Crippen LogP contribution in [0, 0.1) is 71.2 Å². The van der Waals surface area contributed by atoms with Crippen molar-refractivity contribution in [3.63, 3.8) is 0 Å². The van der Waals surface area contributed by atoms with Gasteiger partial charge in [-0.3, -0.25) is 0 Å². The molecule has 0 rings (SSSR count). The van der Waals surface area contributed by atoms with Gasteiger partial charge in [-0.25, -0.2) is 0 Å². The average molecular weight is 621 g/mol. The van der Waals surface area contributed by atoms with Crippen LogP contribution in [0.4, 0.5) is 0 Å². The maximum Gasteiger partial charge on any atom is 5.00 e. The van der Waals surface area contributed by atoms with Gasteiger partial charge < -0.3 is 49.3 Å². The summed E-state index contributed by atoms with van der Waals surface area (Å²) in [5.74, 6) is 0. The molecule has 72 valence electrons. The van der Waals surface area contributed by atoms with Crippen LogP contribution in [-0.2, 0) is 94.0 Å². The molecule has 0 saturated heterocycles. The fourth-order valence-corrected chi connectivity index (χ4v) is 0. The van der Waals surface area contributed by atoms with E-state index in [1.54, 1.807) is 0 Å². The van der Waals surface area contributed by atoms with Crippen molar-refractivity contribution >= 4 is 0 Å². The van der Waals surface area contributed by atoms with Crippen molar-refractivity contribution in [3.8, 4) is 0 Å². The first-order valence-electron chi connectivity index (χ1n) is 0. The van der Waals surface area contributed by atoms with Gasteiger partial charge in [-0.05, 0) is 0 Å². The molecule has 0 N–H and O–H groups in total. The third kappa shape index (κ3) is 236. The number of hydrogen-bond donors (Lipinski definition) is 0. The van der Waals surface area contributed by atoms with Crippen LogP contribution in [-0.4, -0.2) is 0 Å². The zero-order valence-corrected chi connectivity index (χ0v) is 19.4. The first-order chi connectivity index (χ1) is 0. The minimum atomic E-state index is 0. The Bertz CT molecular complexity index is 24.1. The van der Waals surface area contributed by atoms with Crippen LogP contribution in [0.2, 0.25) is 0 Å². The van der Waals surface area contributed by atoms with Gasteiger partial charge >= 0.3 is 154 Å². The van der Waals surface area contributed by atoms with E-state index in [-0.39, 0.29) is 203 Å². The van der Waals surface area contributed by atoms with Crippen molar-refractivity contribution in [3.05, 3.63) is 0 Å². The van der Waals surface area contributed by atoms with Crippen molar-refractivity contribution in [1.82, 2.24) is 0 Å². The minimum absolute atomic E-state index is 0. The SMILES string of the molecule is [La+3].[La+3].[Li+].[Li+].[Nb+5].[Nb+5].[O-2].[O-2].[O-2].[O-2].[O-2].[O-2].[O-2].[O-2].[O-2]. The fraction of sp³-hybridized carbons (Fsp3) is 0. The van der Waals surface area contributed by atoms with Crippen LogP contribution < -0.4 is 37.7 Å². The fourth-order valence-electron chi connectivity index (χ4n) is 0. The van der Waals surface area contributed by atoms with Crippen molar-refractivity contribution in [2.75, 3.05) is 0 Å². The standard InChI is InChI=1S/2La.2Li.2Nb.9O/q2*+3;2*+1;2*+5;9*-2. The normalized spacial score (nSPS) is 0. The summed E-state index contributed by atoms with van der Waals surface area (Å²) in [6.07, 6.45) is 0. The van der Waals surface area contributed by atoms with Crippen LogP contribution >= 0.6 is 0 Å². The van der Waals surface area contributed by atoms with Gasteiger partial charge in [-0.2, -0.15) is 0 Å². The zero-order chi connectivity index (χ0) is 0. The van der Waals surface area contributed by atoms with Gasteiger partial charge in [0.15, 0.2) is 0 Å². The summed E-state index contributed by atoms with van der Waals surface area (Å²) in [5, 5.41) is 0. The van der Waals surface area contributed by atoms with E-state index in [1.807, 2.05) is 0 Å². The van der Waals surface area contributed by atoms with Gasteiger partial charge in [-0.15, -0.1) is 0 Å². The molecule has 0 heterocycles. The van der Waals surface area contributed by atoms with Gasteiger partial charge in [0.2, 0.25) is 0 Å². The quantitative estimate of drug-likeness (QED) is 0.229. The molecule has 15 heteroatoms. The molecule has 0 aliphatic carbocycles.